The van der Waals surface area contributed by atoms with Crippen molar-refractivity contribution in [1.82, 2.24) is 30.4 Å². The van der Waals surface area contributed by atoms with Crippen LogP contribution in [-0.2, 0) is 0 Å². The molecular formula is C25H30N6O2. The number of nitrogens with zero attached hydrogens (tertiary/aromatic N) is 4. The van der Waals surface area contributed by atoms with Crippen molar-refractivity contribution in [1.29, 1.82) is 0 Å². The topological polar surface area (TPSA) is 99.9 Å². The van der Waals surface area contributed by atoms with Crippen molar-refractivity contribution >= 4 is 16.8 Å². The number of fused-ring (bicyclic) bond motifs is 1. The van der Waals surface area contributed by atoms with Gasteiger partial charge in [0, 0.05) is 46.5 Å². The van der Waals surface area contributed by atoms with Crippen LogP contribution in [0.15, 0.2) is 34.7 Å². The Bertz CT molecular complexity index is 1280. The molecule has 0 aliphatic heterocycles. The van der Waals surface area contributed by atoms with E-state index in [4.69, 9.17) is 4.42 Å². The Labute approximate surface area is 193 Å². The first kappa shape index (κ1) is 22.7. The molecule has 1 amide bonds. The first-order chi connectivity index (χ1) is 15.7. The molecule has 4 aromatic rings. The molecule has 0 atom stereocenters. The van der Waals surface area contributed by atoms with Crippen molar-refractivity contribution in [3.8, 4) is 22.7 Å². The van der Waals surface area contributed by atoms with Crippen LogP contribution in [0.2, 0.25) is 0 Å². The van der Waals surface area contributed by atoms with Crippen LogP contribution in [0, 0.1) is 13.8 Å². The lowest BCUT2D eigenvalue weighted by atomic mass is 9.95. The van der Waals surface area contributed by atoms with E-state index in [1.807, 2.05) is 51.0 Å². The maximum Gasteiger partial charge on any atom is 0.308 e. The Morgan fingerprint density at radius 3 is 2.48 bits per heavy atom. The van der Waals surface area contributed by atoms with Crippen LogP contribution in [0.5, 0.6) is 0 Å². The van der Waals surface area contributed by atoms with Crippen LogP contribution in [0.25, 0.3) is 33.6 Å². The summed E-state index contributed by atoms with van der Waals surface area (Å²) in [6.45, 7) is 9.62. The van der Waals surface area contributed by atoms with E-state index in [1.54, 1.807) is 0 Å². The fraction of sp³-hybridized carbons (Fsp3) is 0.360. The summed E-state index contributed by atoms with van der Waals surface area (Å²) in [5, 5.41) is 11.9. The molecule has 0 spiro atoms. The van der Waals surface area contributed by atoms with Gasteiger partial charge in [0.1, 0.15) is 0 Å². The highest BCUT2D eigenvalue weighted by atomic mass is 16.4. The predicted octanol–water partition coefficient (Wildman–Crippen LogP) is 4.31. The van der Waals surface area contributed by atoms with E-state index in [2.05, 4.69) is 51.5 Å². The highest BCUT2D eigenvalue weighted by Gasteiger charge is 2.20. The van der Waals surface area contributed by atoms with Gasteiger partial charge in [-0.3, -0.25) is 9.78 Å². The molecule has 0 unspecified atom stereocenters. The Morgan fingerprint density at radius 1 is 1.09 bits per heavy atom. The molecule has 0 aliphatic rings. The van der Waals surface area contributed by atoms with Crippen LogP contribution in [0.3, 0.4) is 0 Å². The highest BCUT2D eigenvalue weighted by molar-refractivity contribution is 5.94. The van der Waals surface area contributed by atoms with Gasteiger partial charge in [0.05, 0.1) is 5.69 Å². The van der Waals surface area contributed by atoms with Gasteiger partial charge in [0.2, 0.25) is 5.89 Å². The number of aromatic amines is 1. The second-order valence-corrected chi connectivity index (χ2v) is 8.94. The van der Waals surface area contributed by atoms with Gasteiger partial charge in [0.25, 0.3) is 0 Å². The number of hydrogen-bond acceptors (Lipinski definition) is 6. The number of nitrogens with one attached hydrogen (secondary N) is 2. The summed E-state index contributed by atoms with van der Waals surface area (Å²) in [6.07, 6.45) is 0. The van der Waals surface area contributed by atoms with E-state index < -0.39 is 0 Å². The van der Waals surface area contributed by atoms with Gasteiger partial charge in [-0.05, 0) is 69.8 Å². The van der Waals surface area contributed by atoms with E-state index in [1.165, 1.54) is 5.56 Å². The molecule has 172 valence electrons. The number of carbonyl (C=O) groups is 1. The first-order valence-electron chi connectivity index (χ1n) is 11.1. The van der Waals surface area contributed by atoms with Crippen LogP contribution in [-0.4, -0.2) is 58.2 Å². The zero-order valence-electron chi connectivity index (χ0n) is 20.0. The van der Waals surface area contributed by atoms with Crippen molar-refractivity contribution in [2.75, 3.05) is 27.2 Å². The van der Waals surface area contributed by atoms with Gasteiger partial charge in [-0.1, -0.05) is 13.8 Å². The maximum atomic E-state index is 12.3. The lowest BCUT2D eigenvalue weighted by Crippen LogP contribution is -2.31. The normalized spacial score (nSPS) is 11.6. The number of carbonyl (C=O) groups excluding carboxylic acids is 1. The third-order valence-electron chi connectivity index (χ3n) is 5.50. The summed E-state index contributed by atoms with van der Waals surface area (Å²) >= 11 is 0. The van der Waals surface area contributed by atoms with E-state index in [0.717, 1.165) is 45.7 Å². The fourth-order valence-electron chi connectivity index (χ4n) is 4.05. The van der Waals surface area contributed by atoms with Gasteiger partial charge < -0.3 is 19.6 Å². The number of hydrogen-bond donors (Lipinski definition) is 2. The van der Waals surface area contributed by atoms with Crippen LogP contribution in [0.1, 0.15) is 47.4 Å². The third-order valence-corrected chi connectivity index (χ3v) is 5.50. The SMILES string of the molecule is Cc1cc(-c2[nH]c3ccc(-c4nnc(C(=O)NCCN(C)C)o4)cc3c2C(C)C)cc(C)n1. The summed E-state index contributed by atoms with van der Waals surface area (Å²) < 4.78 is 5.69. The number of amides is 1. The molecule has 8 nitrogen and oxygen atoms in total. The first-order valence-corrected chi connectivity index (χ1v) is 11.1. The van der Waals surface area contributed by atoms with Gasteiger partial charge >= 0.3 is 11.8 Å². The largest absolute Gasteiger partial charge is 0.412 e. The van der Waals surface area contributed by atoms with Crippen molar-refractivity contribution in [3.05, 3.63) is 53.2 Å². The second-order valence-electron chi connectivity index (χ2n) is 8.94. The van der Waals surface area contributed by atoms with Crippen LogP contribution < -0.4 is 5.32 Å². The monoisotopic (exact) mass is 446 g/mol. The number of aryl methyl sites for hydroxylation is 2. The minimum absolute atomic E-state index is 0.0366. The molecule has 2 N–H and O–H groups in total. The van der Waals surface area contributed by atoms with Gasteiger partial charge in [-0.2, -0.15) is 0 Å². The molecule has 0 saturated carbocycles. The average molecular weight is 447 g/mol. The molecule has 1 aromatic carbocycles. The van der Waals surface area contributed by atoms with E-state index in [-0.39, 0.29) is 11.8 Å². The number of benzene rings is 1. The fourth-order valence-corrected chi connectivity index (χ4v) is 4.05. The number of rotatable bonds is 7. The molecule has 8 heteroatoms. The molecule has 0 fully saturated rings. The lowest BCUT2D eigenvalue weighted by Gasteiger charge is -2.10. The smallest absolute Gasteiger partial charge is 0.308 e. The van der Waals surface area contributed by atoms with Crippen LogP contribution >= 0.6 is 0 Å². The number of pyridine rings is 1. The minimum Gasteiger partial charge on any atom is -0.412 e. The summed E-state index contributed by atoms with van der Waals surface area (Å²) in [6, 6.07) is 10.2. The van der Waals surface area contributed by atoms with Crippen LogP contribution in [0.4, 0.5) is 0 Å². The van der Waals surface area contributed by atoms with Crippen molar-refractivity contribution in [3.63, 3.8) is 0 Å². The number of H-pyrrole nitrogens is 1. The summed E-state index contributed by atoms with van der Waals surface area (Å²) in [4.78, 5) is 22.4. The minimum atomic E-state index is -0.369. The zero-order chi connectivity index (χ0) is 23.7. The summed E-state index contributed by atoms with van der Waals surface area (Å²) in [5.41, 5.74) is 7.22. The Kier molecular flexibility index (Phi) is 6.29. The Hall–Kier alpha value is -3.52. The van der Waals surface area contributed by atoms with E-state index >= 15 is 0 Å². The van der Waals surface area contributed by atoms with Crippen molar-refractivity contribution in [2.45, 2.75) is 33.6 Å². The number of likely N-dealkylation sites (N-methyl/N-ethyl adjacent to an activating group) is 1. The second kappa shape index (κ2) is 9.15. The van der Waals surface area contributed by atoms with E-state index in [0.29, 0.717) is 18.4 Å². The summed E-state index contributed by atoms with van der Waals surface area (Å²) in [5.74, 6) is 0.207. The number of aromatic nitrogens is 4. The molecule has 33 heavy (non-hydrogen) atoms. The molecular weight excluding hydrogens is 416 g/mol. The molecule has 0 radical (unpaired) electrons. The molecule has 3 aromatic heterocycles. The molecule has 0 saturated heterocycles. The quantitative estimate of drug-likeness (QED) is 0.439. The van der Waals surface area contributed by atoms with E-state index in [9.17, 15) is 4.79 Å². The third kappa shape index (κ3) is 4.80. The Balaban J connectivity index is 1.69. The molecule has 0 bridgehead atoms. The molecule has 3 heterocycles. The Morgan fingerprint density at radius 2 is 1.82 bits per heavy atom. The zero-order valence-corrected chi connectivity index (χ0v) is 20.0. The standard InChI is InChI=1S/C25H30N6O2/c1-14(2)21-19-13-17(24-29-30-25(33-24)23(32)26-9-10-31(5)6)7-8-20(19)28-22(21)18-11-15(3)27-16(4)12-18/h7-8,11-14,28H,9-10H2,1-6H3,(H,26,32). The molecule has 0 aliphatic carbocycles. The highest BCUT2D eigenvalue weighted by Crippen LogP contribution is 2.37. The molecule has 4 rings (SSSR count). The van der Waals surface area contributed by atoms with Gasteiger partial charge in [-0.25, -0.2) is 0 Å². The lowest BCUT2D eigenvalue weighted by molar-refractivity contribution is 0.0917. The van der Waals surface area contributed by atoms with Gasteiger partial charge in [-0.15, -0.1) is 10.2 Å². The average Bonchev–Trinajstić information content (AvgIpc) is 3.37. The summed E-state index contributed by atoms with van der Waals surface area (Å²) in [7, 11) is 3.89. The maximum absolute atomic E-state index is 12.3. The van der Waals surface area contributed by atoms with Crippen molar-refractivity contribution in [2.24, 2.45) is 0 Å². The predicted molar refractivity (Wildman–Crippen MR) is 129 cm³/mol. The van der Waals surface area contributed by atoms with Gasteiger partial charge in [0.15, 0.2) is 0 Å². The van der Waals surface area contributed by atoms with Crippen molar-refractivity contribution < 1.29 is 9.21 Å².